The lowest BCUT2D eigenvalue weighted by molar-refractivity contribution is 0.0943. The van der Waals surface area contributed by atoms with Gasteiger partial charge in [-0.15, -0.1) is 0 Å². The fraction of sp³-hybridized carbons (Fsp3) is 0.273. The minimum Gasteiger partial charge on any atom is -0.497 e. The lowest BCUT2D eigenvalue weighted by Crippen LogP contribution is -2.29. The number of nitrogens with one attached hydrogen (secondary N) is 1. The van der Waals surface area contributed by atoms with Crippen molar-refractivity contribution < 1.29 is 9.53 Å². The highest BCUT2D eigenvalue weighted by atomic mass is 16.5. The normalized spacial score (nSPS) is 10.8. The van der Waals surface area contributed by atoms with E-state index >= 15 is 0 Å². The topological polar surface area (TPSA) is 67.0 Å². The van der Waals surface area contributed by atoms with Gasteiger partial charge in [-0.25, -0.2) is 0 Å². The molecule has 0 radical (unpaired) electrons. The molecule has 0 saturated carbocycles. The van der Waals surface area contributed by atoms with Gasteiger partial charge in [0.25, 0.3) is 5.91 Å². The molecule has 0 fully saturated rings. The molecule has 3 aromatic rings. The molecule has 1 amide bonds. The van der Waals surface area contributed by atoms with Gasteiger partial charge in [0.05, 0.1) is 23.9 Å². The number of hydrogen-bond donors (Lipinski definition) is 1. The van der Waals surface area contributed by atoms with Crippen LogP contribution in [0.25, 0.3) is 22.2 Å². The first kappa shape index (κ1) is 18.5. The van der Waals surface area contributed by atoms with Crippen molar-refractivity contribution in [1.29, 1.82) is 5.26 Å². The maximum atomic E-state index is 12.2. The highest BCUT2D eigenvalue weighted by Gasteiger charge is 2.19. The van der Waals surface area contributed by atoms with Gasteiger partial charge in [-0.3, -0.25) is 4.79 Å². The molecule has 138 valence electrons. The Bertz CT molecular complexity index is 1020. The zero-order chi connectivity index (χ0) is 19.6. The Kier molecular flexibility index (Phi) is 5.18. The van der Waals surface area contributed by atoms with Crippen LogP contribution in [0.15, 0.2) is 42.5 Å². The highest BCUT2D eigenvalue weighted by Crippen LogP contribution is 2.35. The molecule has 5 heteroatoms. The molecule has 0 aliphatic heterocycles. The summed E-state index contributed by atoms with van der Waals surface area (Å²) in [7, 11) is 1.63. The number of carbonyl (C=O) groups excluding carboxylic acids is 1. The zero-order valence-corrected chi connectivity index (χ0v) is 16.0. The molecular formula is C22H23N3O2. The molecule has 2 aromatic carbocycles. The van der Waals surface area contributed by atoms with Gasteiger partial charge in [0.1, 0.15) is 11.8 Å². The van der Waals surface area contributed by atoms with E-state index in [-0.39, 0.29) is 11.9 Å². The van der Waals surface area contributed by atoms with E-state index in [0.29, 0.717) is 11.1 Å². The Morgan fingerprint density at radius 2 is 1.93 bits per heavy atom. The molecule has 0 bridgehead atoms. The molecule has 0 aliphatic rings. The fourth-order valence-corrected chi connectivity index (χ4v) is 3.32. The molecule has 0 atom stereocenters. The van der Waals surface area contributed by atoms with Gasteiger partial charge < -0.3 is 14.6 Å². The van der Waals surface area contributed by atoms with E-state index in [1.54, 1.807) is 19.2 Å². The van der Waals surface area contributed by atoms with Gasteiger partial charge in [0, 0.05) is 29.6 Å². The molecule has 0 aliphatic carbocycles. The maximum Gasteiger partial charge on any atom is 0.251 e. The summed E-state index contributed by atoms with van der Waals surface area (Å²) in [4.78, 5) is 12.2. The Morgan fingerprint density at radius 3 is 2.48 bits per heavy atom. The Morgan fingerprint density at radius 1 is 1.22 bits per heavy atom. The molecule has 5 nitrogen and oxygen atoms in total. The first-order valence-corrected chi connectivity index (χ1v) is 9.01. The number of nitriles is 1. The number of benzene rings is 2. The molecule has 1 N–H and O–H groups in total. The van der Waals surface area contributed by atoms with Crippen molar-refractivity contribution in [3.63, 3.8) is 0 Å². The van der Waals surface area contributed by atoms with E-state index < -0.39 is 0 Å². The van der Waals surface area contributed by atoms with E-state index in [2.05, 4.69) is 16.0 Å². The minimum absolute atomic E-state index is 0.0833. The number of fused-ring (bicyclic) bond motifs is 1. The molecule has 0 saturated heterocycles. The molecule has 3 rings (SSSR count). The van der Waals surface area contributed by atoms with Crippen molar-refractivity contribution in [3.05, 3.63) is 53.6 Å². The van der Waals surface area contributed by atoms with E-state index in [4.69, 9.17) is 4.74 Å². The summed E-state index contributed by atoms with van der Waals surface area (Å²) in [5.74, 6) is 0.657. The zero-order valence-electron chi connectivity index (χ0n) is 16.0. The number of aryl methyl sites for hydroxylation is 1. The van der Waals surface area contributed by atoms with Crippen LogP contribution in [0.1, 0.15) is 36.7 Å². The number of methoxy groups -OCH3 is 1. The second kappa shape index (κ2) is 7.55. The van der Waals surface area contributed by atoms with Crippen molar-refractivity contribution in [2.24, 2.45) is 0 Å². The summed E-state index contributed by atoms with van der Waals surface area (Å²) in [6.45, 7) is 6.63. The minimum atomic E-state index is -0.0992. The molecule has 27 heavy (non-hydrogen) atoms. The Hall–Kier alpha value is -3.26. The average Bonchev–Trinajstić information content (AvgIpc) is 2.99. The summed E-state index contributed by atoms with van der Waals surface area (Å²) >= 11 is 0. The van der Waals surface area contributed by atoms with Crippen molar-refractivity contribution in [3.8, 4) is 23.1 Å². The van der Waals surface area contributed by atoms with Crippen LogP contribution in [0.3, 0.4) is 0 Å². The molecule has 1 aromatic heterocycles. The fourth-order valence-electron chi connectivity index (χ4n) is 3.32. The van der Waals surface area contributed by atoms with Gasteiger partial charge >= 0.3 is 0 Å². The smallest absolute Gasteiger partial charge is 0.251 e. The van der Waals surface area contributed by atoms with Crippen LogP contribution in [0.5, 0.6) is 5.75 Å². The van der Waals surface area contributed by atoms with Crippen molar-refractivity contribution in [2.45, 2.75) is 33.4 Å². The standard InChI is InChI=1S/C22H23N3O2/c1-5-25-20-12-17(27-4)10-11-18(20)19(13-23)21(25)15-6-8-16(9-7-15)22(26)24-14(2)3/h6-12,14H,5H2,1-4H3,(H,24,26). The summed E-state index contributed by atoms with van der Waals surface area (Å²) in [5, 5.41) is 13.6. The summed E-state index contributed by atoms with van der Waals surface area (Å²) in [5.41, 5.74) is 3.97. The largest absolute Gasteiger partial charge is 0.497 e. The number of ether oxygens (including phenoxy) is 1. The van der Waals surface area contributed by atoms with E-state index in [0.717, 1.165) is 34.5 Å². The quantitative estimate of drug-likeness (QED) is 0.735. The number of nitrogens with zero attached hydrogens (tertiary/aromatic N) is 2. The predicted octanol–water partition coefficient (Wildman–Crippen LogP) is 4.35. The van der Waals surface area contributed by atoms with Crippen LogP contribution in [0.4, 0.5) is 0 Å². The summed E-state index contributed by atoms with van der Waals surface area (Å²) in [6, 6.07) is 15.6. The number of amides is 1. The second-order valence-corrected chi connectivity index (χ2v) is 6.67. The first-order chi connectivity index (χ1) is 13.0. The van der Waals surface area contributed by atoms with Crippen LogP contribution >= 0.6 is 0 Å². The number of hydrogen-bond acceptors (Lipinski definition) is 3. The first-order valence-electron chi connectivity index (χ1n) is 9.01. The Labute approximate surface area is 159 Å². The second-order valence-electron chi connectivity index (χ2n) is 6.67. The van der Waals surface area contributed by atoms with Crippen molar-refractivity contribution in [1.82, 2.24) is 9.88 Å². The predicted molar refractivity (Wildman–Crippen MR) is 107 cm³/mol. The van der Waals surface area contributed by atoms with Crippen LogP contribution in [-0.2, 0) is 6.54 Å². The van der Waals surface area contributed by atoms with Crippen molar-refractivity contribution in [2.75, 3.05) is 7.11 Å². The van der Waals surface area contributed by atoms with Crippen LogP contribution in [-0.4, -0.2) is 23.6 Å². The van der Waals surface area contributed by atoms with Gasteiger partial charge in [-0.1, -0.05) is 12.1 Å². The van der Waals surface area contributed by atoms with E-state index in [1.807, 2.05) is 51.1 Å². The third-order valence-corrected chi connectivity index (χ3v) is 4.54. The summed E-state index contributed by atoms with van der Waals surface area (Å²) < 4.78 is 7.45. The SMILES string of the molecule is CCn1c(-c2ccc(C(=O)NC(C)C)cc2)c(C#N)c2ccc(OC)cc21. The number of carbonyl (C=O) groups is 1. The molecule has 1 heterocycles. The van der Waals surface area contributed by atoms with Crippen LogP contribution in [0.2, 0.25) is 0 Å². The third-order valence-electron chi connectivity index (χ3n) is 4.54. The number of aromatic nitrogens is 1. The number of rotatable bonds is 5. The van der Waals surface area contributed by atoms with Crippen LogP contribution < -0.4 is 10.1 Å². The van der Waals surface area contributed by atoms with Crippen molar-refractivity contribution >= 4 is 16.8 Å². The lowest BCUT2D eigenvalue weighted by atomic mass is 10.0. The van der Waals surface area contributed by atoms with Gasteiger partial charge in [0.15, 0.2) is 0 Å². The van der Waals surface area contributed by atoms with Gasteiger partial charge in [0.2, 0.25) is 0 Å². The highest BCUT2D eigenvalue weighted by molar-refractivity contribution is 5.97. The molecule has 0 unspecified atom stereocenters. The van der Waals surface area contributed by atoms with Gasteiger partial charge in [-0.2, -0.15) is 5.26 Å². The molecular weight excluding hydrogens is 338 g/mol. The monoisotopic (exact) mass is 361 g/mol. The van der Waals surface area contributed by atoms with Crippen LogP contribution in [0, 0.1) is 11.3 Å². The molecule has 0 spiro atoms. The summed E-state index contributed by atoms with van der Waals surface area (Å²) in [6.07, 6.45) is 0. The maximum absolute atomic E-state index is 12.2. The van der Waals surface area contributed by atoms with E-state index in [9.17, 15) is 10.1 Å². The Balaban J connectivity index is 2.13. The van der Waals surface area contributed by atoms with E-state index in [1.165, 1.54) is 0 Å². The third kappa shape index (κ3) is 3.39. The lowest BCUT2D eigenvalue weighted by Gasteiger charge is -2.11. The average molecular weight is 361 g/mol. The van der Waals surface area contributed by atoms with Gasteiger partial charge in [-0.05, 0) is 50.6 Å².